The van der Waals surface area contributed by atoms with Gasteiger partial charge in [-0.3, -0.25) is 4.79 Å². The highest BCUT2D eigenvalue weighted by Crippen LogP contribution is 2.26. The molecule has 0 bridgehead atoms. The lowest BCUT2D eigenvalue weighted by atomic mass is 9.94. The molecular weight excluding hydrogens is 258 g/mol. The Morgan fingerprint density at radius 1 is 1.26 bits per heavy atom. The zero-order valence-electron chi connectivity index (χ0n) is 11.2. The minimum absolute atomic E-state index is 0.106. The second-order valence-corrected chi connectivity index (χ2v) is 4.97. The molecule has 100 valence electrons. The van der Waals surface area contributed by atoms with Gasteiger partial charge in [-0.2, -0.15) is 0 Å². The van der Waals surface area contributed by atoms with Crippen LogP contribution in [-0.4, -0.2) is 18.1 Å². The first-order valence-electron chi connectivity index (χ1n) is 6.10. The van der Waals surface area contributed by atoms with Crippen LogP contribution in [0.15, 0.2) is 35.5 Å². The van der Waals surface area contributed by atoms with Gasteiger partial charge in [0.25, 0.3) is 5.91 Å². The van der Waals surface area contributed by atoms with E-state index in [1.165, 1.54) is 5.56 Å². The Kier molecular flexibility index (Phi) is 3.85. The van der Waals surface area contributed by atoms with Gasteiger partial charge in [-0.1, -0.05) is 29.8 Å². The number of thiocarbonyl (C=S) groups is 1. The third-order valence-corrected chi connectivity index (χ3v) is 3.37. The van der Waals surface area contributed by atoms with E-state index in [2.05, 4.69) is 16.0 Å². The fourth-order valence-corrected chi connectivity index (χ4v) is 2.41. The number of likely N-dealkylation sites (N-methyl/N-ethyl adjacent to an activating group) is 1. The standard InChI is InChI=1S/C14H17N3OS/c1-8-4-6-10(7-5-8)12-11(13(18)15-3)9(2)16-14(19)17-12/h4-7,12H,1-3H3,(H,15,18)(H2,16,17,19)/t12-/m1/s1. The number of hydrogen-bond donors (Lipinski definition) is 3. The predicted molar refractivity (Wildman–Crippen MR) is 79.6 cm³/mol. The van der Waals surface area contributed by atoms with Gasteiger partial charge in [0.15, 0.2) is 5.11 Å². The number of benzene rings is 1. The molecule has 0 radical (unpaired) electrons. The second-order valence-electron chi connectivity index (χ2n) is 4.56. The zero-order chi connectivity index (χ0) is 14.0. The van der Waals surface area contributed by atoms with Crippen molar-refractivity contribution < 1.29 is 4.79 Å². The maximum atomic E-state index is 12.0. The van der Waals surface area contributed by atoms with Crippen molar-refractivity contribution in [3.63, 3.8) is 0 Å². The number of aryl methyl sites for hydroxylation is 1. The molecule has 1 aromatic carbocycles. The van der Waals surface area contributed by atoms with Crippen LogP contribution in [0.3, 0.4) is 0 Å². The Balaban J connectivity index is 2.46. The maximum absolute atomic E-state index is 12.0. The molecule has 1 heterocycles. The molecule has 4 nitrogen and oxygen atoms in total. The summed E-state index contributed by atoms with van der Waals surface area (Å²) in [6.07, 6.45) is 0. The summed E-state index contributed by atoms with van der Waals surface area (Å²) in [6.45, 7) is 3.89. The van der Waals surface area contributed by atoms with Crippen LogP contribution in [0, 0.1) is 6.92 Å². The molecule has 0 saturated heterocycles. The van der Waals surface area contributed by atoms with Crippen LogP contribution < -0.4 is 16.0 Å². The molecule has 3 N–H and O–H groups in total. The lowest BCUT2D eigenvalue weighted by molar-refractivity contribution is -0.117. The lowest BCUT2D eigenvalue weighted by Crippen LogP contribution is -2.46. The van der Waals surface area contributed by atoms with E-state index in [1.807, 2.05) is 38.1 Å². The van der Waals surface area contributed by atoms with Crippen LogP contribution in [0.5, 0.6) is 0 Å². The van der Waals surface area contributed by atoms with Crippen molar-refractivity contribution in [3.05, 3.63) is 46.7 Å². The van der Waals surface area contributed by atoms with E-state index >= 15 is 0 Å². The number of rotatable bonds is 2. The van der Waals surface area contributed by atoms with Gasteiger partial charge in [0.1, 0.15) is 0 Å². The van der Waals surface area contributed by atoms with E-state index in [9.17, 15) is 4.79 Å². The first-order valence-corrected chi connectivity index (χ1v) is 6.50. The highest BCUT2D eigenvalue weighted by Gasteiger charge is 2.28. The van der Waals surface area contributed by atoms with Gasteiger partial charge < -0.3 is 16.0 Å². The third kappa shape index (κ3) is 2.76. The molecular formula is C14H17N3OS. The van der Waals surface area contributed by atoms with Crippen LogP contribution in [0.2, 0.25) is 0 Å². The van der Waals surface area contributed by atoms with E-state index in [4.69, 9.17) is 12.2 Å². The Morgan fingerprint density at radius 2 is 1.89 bits per heavy atom. The van der Waals surface area contributed by atoms with Gasteiger partial charge in [-0.05, 0) is 31.6 Å². The highest BCUT2D eigenvalue weighted by atomic mass is 32.1. The zero-order valence-corrected chi connectivity index (χ0v) is 12.0. The van der Waals surface area contributed by atoms with Crippen molar-refractivity contribution in [2.45, 2.75) is 19.9 Å². The van der Waals surface area contributed by atoms with Crippen molar-refractivity contribution in [1.29, 1.82) is 0 Å². The van der Waals surface area contributed by atoms with Gasteiger partial charge in [0, 0.05) is 12.7 Å². The molecule has 19 heavy (non-hydrogen) atoms. The molecule has 1 aromatic rings. The SMILES string of the molecule is CNC(=O)C1=C(C)NC(=S)N[C@@H]1c1ccc(C)cc1. The minimum Gasteiger partial charge on any atom is -0.355 e. The molecule has 1 atom stereocenters. The van der Waals surface area contributed by atoms with Crippen LogP contribution in [-0.2, 0) is 4.79 Å². The molecule has 0 unspecified atom stereocenters. The first kappa shape index (κ1) is 13.5. The molecule has 0 fully saturated rings. The number of carbonyl (C=O) groups is 1. The molecule has 1 amide bonds. The highest BCUT2D eigenvalue weighted by molar-refractivity contribution is 7.80. The number of hydrogen-bond acceptors (Lipinski definition) is 2. The molecule has 2 rings (SSSR count). The Hall–Kier alpha value is -1.88. The molecule has 1 aliphatic heterocycles. The van der Waals surface area contributed by atoms with E-state index in [-0.39, 0.29) is 11.9 Å². The summed E-state index contributed by atoms with van der Waals surface area (Å²) < 4.78 is 0. The number of nitrogens with one attached hydrogen (secondary N) is 3. The number of amides is 1. The maximum Gasteiger partial charge on any atom is 0.251 e. The number of carbonyl (C=O) groups excluding carboxylic acids is 1. The van der Waals surface area contributed by atoms with Gasteiger partial charge in [0.05, 0.1) is 11.6 Å². The van der Waals surface area contributed by atoms with Crippen molar-refractivity contribution in [2.75, 3.05) is 7.05 Å². The smallest absolute Gasteiger partial charge is 0.251 e. The van der Waals surface area contributed by atoms with E-state index in [0.717, 1.165) is 11.3 Å². The number of allylic oxidation sites excluding steroid dienone is 1. The average molecular weight is 275 g/mol. The summed E-state index contributed by atoms with van der Waals surface area (Å²) in [5, 5.41) is 9.35. The lowest BCUT2D eigenvalue weighted by Gasteiger charge is -2.30. The Bertz CT molecular complexity index is 548. The normalized spacial score (nSPS) is 18.7. The van der Waals surface area contributed by atoms with Crippen LogP contribution in [0.25, 0.3) is 0 Å². The topological polar surface area (TPSA) is 53.2 Å². The molecule has 0 saturated carbocycles. The molecule has 0 spiro atoms. The Morgan fingerprint density at radius 3 is 2.47 bits per heavy atom. The van der Waals surface area contributed by atoms with Crippen molar-refractivity contribution in [3.8, 4) is 0 Å². The summed E-state index contributed by atoms with van der Waals surface area (Å²) in [6, 6.07) is 7.86. The van der Waals surface area contributed by atoms with Gasteiger partial charge >= 0.3 is 0 Å². The van der Waals surface area contributed by atoms with Crippen molar-refractivity contribution in [1.82, 2.24) is 16.0 Å². The summed E-state index contributed by atoms with van der Waals surface area (Å²) in [5.74, 6) is -0.106. The van der Waals surface area contributed by atoms with Crippen LogP contribution in [0.4, 0.5) is 0 Å². The van der Waals surface area contributed by atoms with Gasteiger partial charge in [0.2, 0.25) is 0 Å². The second kappa shape index (κ2) is 5.40. The molecule has 1 aliphatic rings. The minimum atomic E-state index is -0.214. The summed E-state index contributed by atoms with van der Waals surface area (Å²) in [7, 11) is 1.63. The van der Waals surface area contributed by atoms with E-state index in [1.54, 1.807) is 7.05 Å². The van der Waals surface area contributed by atoms with Gasteiger partial charge in [-0.25, -0.2) is 0 Å². The molecule has 0 aromatic heterocycles. The summed E-state index contributed by atoms with van der Waals surface area (Å²) in [5.41, 5.74) is 3.66. The van der Waals surface area contributed by atoms with Crippen molar-refractivity contribution in [2.24, 2.45) is 0 Å². The largest absolute Gasteiger partial charge is 0.355 e. The predicted octanol–water partition coefficient (Wildman–Crippen LogP) is 1.53. The van der Waals surface area contributed by atoms with E-state index < -0.39 is 0 Å². The van der Waals surface area contributed by atoms with E-state index in [0.29, 0.717) is 10.7 Å². The Labute approximate surface area is 118 Å². The van der Waals surface area contributed by atoms with Crippen LogP contribution in [0.1, 0.15) is 24.1 Å². The summed E-state index contributed by atoms with van der Waals surface area (Å²) in [4.78, 5) is 12.0. The van der Waals surface area contributed by atoms with Crippen molar-refractivity contribution >= 4 is 23.2 Å². The molecule has 5 heteroatoms. The average Bonchev–Trinajstić information content (AvgIpc) is 2.38. The fourth-order valence-electron chi connectivity index (χ4n) is 2.14. The monoisotopic (exact) mass is 275 g/mol. The van der Waals surface area contributed by atoms with Gasteiger partial charge in [-0.15, -0.1) is 0 Å². The summed E-state index contributed by atoms with van der Waals surface area (Å²) >= 11 is 5.17. The quantitative estimate of drug-likeness (QED) is 0.717. The molecule has 0 aliphatic carbocycles. The third-order valence-electron chi connectivity index (χ3n) is 3.15. The van der Waals surface area contributed by atoms with Crippen LogP contribution >= 0.6 is 12.2 Å². The fraction of sp³-hybridized carbons (Fsp3) is 0.286. The first-order chi connectivity index (χ1) is 9.02.